The number of benzene rings is 2. The number of rotatable bonds is 9. The van der Waals surface area contributed by atoms with Gasteiger partial charge in [-0.05, 0) is 37.3 Å². The van der Waals surface area contributed by atoms with Gasteiger partial charge in [-0.1, -0.05) is 29.8 Å². The molecule has 12 heteroatoms. The minimum Gasteiger partial charge on any atom is -0.495 e. The van der Waals surface area contributed by atoms with Gasteiger partial charge in [-0.25, -0.2) is 18.0 Å². The van der Waals surface area contributed by atoms with Crippen LogP contribution in [0.1, 0.15) is 17.3 Å². The number of primary amides is 1. The second-order valence-electron chi connectivity index (χ2n) is 6.54. The molecule has 0 saturated heterocycles. The van der Waals surface area contributed by atoms with Crippen molar-refractivity contribution in [2.45, 2.75) is 17.9 Å². The third kappa shape index (κ3) is 6.02. The molecule has 3 N–H and O–H groups in total. The van der Waals surface area contributed by atoms with Crippen LogP contribution in [0.3, 0.4) is 0 Å². The molecule has 0 aromatic heterocycles. The number of halogens is 1. The number of esters is 1. The zero-order valence-electron chi connectivity index (χ0n) is 17.8. The first-order chi connectivity index (χ1) is 15.5. The first-order valence-electron chi connectivity index (χ1n) is 9.40. The molecule has 33 heavy (non-hydrogen) atoms. The summed E-state index contributed by atoms with van der Waals surface area (Å²) in [5.74, 6) is -1.72. The number of ether oxygens (including phenoxy) is 2. The fourth-order valence-corrected chi connectivity index (χ4v) is 4.40. The summed E-state index contributed by atoms with van der Waals surface area (Å²) in [7, 11) is -2.80. The topological polar surface area (TPSA) is 145 Å². The van der Waals surface area contributed by atoms with E-state index in [0.29, 0.717) is 5.75 Å². The molecule has 0 fully saturated rings. The van der Waals surface area contributed by atoms with Crippen LogP contribution in [0.4, 0.5) is 10.5 Å². The summed E-state index contributed by atoms with van der Waals surface area (Å²) in [4.78, 5) is 34.9. The van der Waals surface area contributed by atoms with Gasteiger partial charge in [-0.15, -0.1) is 6.58 Å². The predicted octanol–water partition coefficient (Wildman–Crippen LogP) is 2.47. The molecule has 3 amide bonds. The van der Waals surface area contributed by atoms with E-state index in [0.717, 1.165) is 10.4 Å². The number of para-hydroxylation sites is 2. The highest BCUT2D eigenvalue weighted by atomic mass is 35.5. The lowest BCUT2D eigenvalue weighted by atomic mass is 10.2. The van der Waals surface area contributed by atoms with Gasteiger partial charge in [0.25, 0.3) is 15.9 Å². The average molecular weight is 496 g/mol. The summed E-state index contributed by atoms with van der Waals surface area (Å²) in [6.07, 6.45) is 0.000801. The van der Waals surface area contributed by atoms with Gasteiger partial charge in [0.05, 0.1) is 34.8 Å². The second kappa shape index (κ2) is 10.8. The number of nitrogens with zero attached hydrogens (tertiary/aromatic N) is 1. The van der Waals surface area contributed by atoms with Crippen molar-refractivity contribution in [3.8, 4) is 5.75 Å². The lowest BCUT2D eigenvalue weighted by molar-refractivity contribution is -0.127. The average Bonchev–Trinajstić information content (AvgIpc) is 2.76. The van der Waals surface area contributed by atoms with Gasteiger partial charge >= 0.3 is 12.0 Å². The number of nitrogens with one attached hydrogen (secondary N) is 1. The summed E-state index contributed by atoms with van der Waals surface area (Å²) in [6.45, 7) is 4.72. The van der Waals surface area contributed by atoms with Crippen LogP contribution in [-0.2, 0) is 19.6 Å². The van der Waals surface area contributed by atoms with Crippen molar-refractivity contribution in [1.29, 1.82) is 0 Å². The summed E-state index contributed by atoms with van der Waals surface area (Å²) in [5.41, 5.74) is 4.83. The van der Waals surface area contributed by atoms with Crippen molar-refractivity contribution in [3.63, 3.8) is 0 Å². The summed E-state index contributed by atoms with van der Waals surface area (Å²) in [5, 5.41) is 1.67. The quantitative estimate of drug-likeness (QED) is 0.401. The maximum atomic E-state index is 13.4. The Balaban J connectivity index is 2.44. The van der Waals surface area contributed by atoms with Crippen molar-refractivity contribution in [3.05, 3.63) is 65.7 Å². The molecule has 0 aliphatic heterocycles. The highest BCUT2D eigenvalue weighted by molar-refractivity contribution is 7.92. The Bertz CT molecular complexity index is 1180. The van der Waals surface area contributed by atoms with Crippen LogP contribution in [0.25, 0.3) is 0 Å². The maximum absolute atomic E-state index is 13.4. The molecule has 176 valence electrons. The van der Waals surface area contributed by atoms with E-state index in [9.17, 15) is 22.8 Å². The molecule has 1 unspecified atom stereocenters. The molecule has 0 spiro atoms. The number of hydrogen-bond acceptors (Lipinski definition) is 7. The van der Waals surface area contributed by atoms with Crippen molar-refractivity contribution < 1.29 is 32.3 Å². The van der Waals surface area contributed by atoms with Gasteiger partial charge in [0.1, 0.15) is 5.75 Å². The van der Waals surface area contributed by atoms with Crippen molar-refractivity contribution in [2.24, 2.45) is 5.73 Å². The van der Waals surface area contributed by atoms with Gasteiger partial charge in [0, 0.05) is 0 Å². The number of hydrogen-bond donors (Lipinski definition) is 2. The standard InChI is InChI=1S/C21H22ClN3O7S/c1-4-11-25(17-7-5-6-8-18(17)31-3)33(29,30)14-9-10-16(22)15(12-14)20(27)32-13(2)19(26)24-21(23)28/h4-10,12-13H,1,11H2,2-3H3,(H3,23,24,26,28). The molecule has 0 bridgehead atoms. The highest BCUT2D eigenvalue weighted by Crippen LogP contribution is 2.33. The Morgan fingerprint density at radius 1 is 1.24 bits per heavy atom. The SMILES string of the molecule is C=CCN(c1ccccc1OC)S(=O)(=O)c1ccc(Cl)c(C(=O)OC(C)C(=O)NC(N)=O)c1. The number of sulfonamides is 1. The van der Waals surface area contributed by atoms with Gasteiger partial charge < -0.3 is 15.2 Å². The van der Waals surface area contributed by atoms with Gasteiger partial charge in [0.15, 0.2) is 6.10 Å². The number of amides is 3. The Kier molecular flexibility index (Phi) is 8.44. The summed E-state index contributed by atoms with van der Waals surface area (Å²) >= 11 is 6.07. The number of carbonyl (C=O) groups excluding carboxylic acids is 3. The van der Waals surface area contributed by atoms with E-state index in [4.69, 9.17) is 26.8 Å². The number of methoxy groups -OCH3 is 1. The fraction of sp³-hybridized carbons (Fsp3) is 0.190. The molecular weight excluding hydrogens is 474 g/mol. The van der Waals surface area contributed by atoms with Gasteiger partial charge in [-0.3, -0.25) is 14.4 Å². The van der Waals surface area contributed by atoms with Gasteiger partial charge in [0.2, 0.25) is 0 Å². The molecule has 0 heterocycles. The van der Waals surface area contributed by atoms with Crippen molar-refractivity contribution >= 4 is 45.2 Å². The third-order valence-corrected chi connectivity index (χ3v) is 6.40. The zero-order valence-corrected chi connectivity index (χ0v) is 19.4. The van der Waals surface area contributed by atoms with E-state index in [2.05, 4.69) is 6.58 Å². The van der Waals surface area contributed by atoms with E-state index in [-0.39, 0.29) is 27.7 Å². The third-order valence-electron chi connectivity index (χ3n) is 4.29. The lowest BCUT2D eigenvalue weighted by Crippen LogP contribution is -2.42. The first-order valence-corrected chi connectivity index (χ1v) is 11.2. The molecule has 0 radical (unpaired) electrons. The Morgan fingerprint density at radius 3 is 2.52 bits per heavy atom. The van der Waals surface area contributed by atoms with Crippen LogP contribution in [0, 0.1) is 0 Å². The molecule has 0 saturated carbocycles. The molecule has 2 aromatic carbocycles. The monoisotopic (exact) mass is 495 g/mol. The summed E-state index contributed by atoms with van der Waals surface area (Å²) in [6, 6.07) is 8.85. The minimum absolute atomic E-state index is 0.0879. The summed E-state index contributed by atoms with van der Waals surface area (Å²) < 4.78 is 38.2. The smallest absolute Gasteiger partial charge is 0.340 e. The Hall–Kier alpha value is -3.57. The highest BCUT2D eigenvalue weighted by Gasteiger charge is 2.29. The van der Waals surface area contributed by atoms with Crippen LogP contribution >= 0.6 is 11.6 Å². The van der Waals surface area contributed by atoms with Crippen molar-refractivity contribution in [2.75, 3.05) is 18.0 Å². The molecule has 10 nitrogen and oxygen atoms in total. The van der Waals surface area contributed by atoms with E-state index >= 15 is 0 Å². The first kappa shape index (κ1) is 25.7. The van der Waals surface area contributed by atoms with E-state index in [1.807, 2.05) is 0 Å². The molecular formula is C21H22ClN3O7S. The zero-order chi connectivity index (χ0) is 24.8. The normalized spacial score (nSPS) is 11.7. The Labute approximate surface area is 196 Å². The van der Waals surface area contributed by atoms with Crippen LogP contribution in [0.5, 0.6) is 5.75 Å². The second-order valence-corrected chi connectivity index (χ2v) is 8.81. The number of anilines is 1. The van der Waals surface area contributed by atoms with Crippen LogP contribution in [0.15, 0.2) is 60.0 Å². The maximum Gasteiger partial charge on any atom is 0.340 e. The van der Waals surface area contributed by atoms with Gasteiger partial charge in [-0.2, -0.15) is 0 Å². The number of imide groups is 1. The van der Waals surface area contributed by atoms with E-state index in [1.54, 1.807) is 29.6 Å². The molecule has 1 atom stereocenters. The molecule has 2 aromatic rings. The fourth-order valence-electron chi connectivity index (χ4n) is 2.73. The van der Waals surface area contributed by atoms with Crippen LogP contribution < -0.4 is 20.1 Å². The largest absolute Gasteiger partial charge is 0.495 e. The Morgan fingerprint density at radius 2 is 1.91 bits per heavy atom. The number of nitrogens with two attached hydrogens (primary N) is 1. The number of urea groups is 1. The van der Waals surface area contributed by atoms with E-state index < -0.39 is 34.0 Å². The predicted molar refractivity (Wildman–Crippen MR) is 122 cm³/mol. The minimum atomic E-state index is -4.21. The van der Waals surface area contributed by atoms with E-state index in [1.165, 1.54) is 32.2 Å². The van der Waals surface area contributed by atoms with Crippen LogP contribution in [-0.4, -0.2) is 46.1 Å². The van der Waals surface area contributed by atoms with Crippen LogP contribution in [0.2, 0.25) is 5.02 Å². The molecule has 0 aliphatic rings. The molecule has 2 rings (SSSR count). The van der Waals surface area contributed by atoms with Crippen molar-refractivity contribution in [1.82, 2.24) is 5.32 Å². The molecule has 0 aliphatic carbocycles. The number of carbonyl (C=O) groups is 3. The lowest BCUT2D eigenvalue weighted by Gasteiger charge is -2.25.